The van der Waals surface area contributed by atoms with Crippen molar-refractivity contribution in [2.45, 2.75) is 39.4 Å². The molecule has 2 rings (SSSR count). The Balaban J connectivity index is 1.94. The van der Waals surface area contributed by atoms with E-state index < -0.39 is 0 Å². The van der Waals surface area contributed by atoms with Gasteiger partial charge in [-0.05, 0) is 20.8 Å². The summed E-state index contributed by atoms with van der Waals surface area (Å²) in [6.45, 7) is 8.09. The molecule has 0 aliphatic rings. The quantitative estimate of drug-likeness (QED) is 0.891. The second-order valence-electron chi connectivity index (χ2n) is 5.67. The maximum Gasteiger partial charge on any atom is 0.0690 e. The van der Waals surface area contributed by atoms with Crippen LogP contribution in [0.3, 0.4) is 0 Å². The van der Waals surface area contributed by atoms with Crippen LogP contribution in [0.1, 0.15) is 31.9 Å². The summed E-state index contributed by atoms with van der Waals surface area (Å²) in [5.41, 5.74) is 2.50. The molecule has 2 aromatic rings. The summed E-state index contributed by atoms with van der Waals surface area (Å²) in [5, 5.41) is 12.0. The summed E-state index contributed by atoms with van der Waals surface area (Å²) in [5.74, 6) is 0. The van der Waals surface area contributed by atoms with Gasteiger partial charge in [-0.3, -0.25) is 9.36 Å². The Morgan fingerprint density at radius 2 is 1.83 bits per heavy atom. The lowest BCUT2D eigenvalue weighted by Gasteiger charge is -2.19. The second-order valence-corrected chi connectivity index (χ2v) is 5.67. The smallest absolute Gasteiger partial charge is 0.0690 e. The Hall–Kier alpha value is -1.62. The first-order valence-electron chi connectivity index (χ1n) is 6.16. The molecular formula is C13H21N5. The predicted octanol–water partition coefficient (Wildman–Crippen LogP) is 1.55. The molecule has 0 unspecified atom stereocenters. The molecule has 0 atom stereocenters. The van der Waals surface area contributed by atoms with Crippen molar-refractivity contribution in [3.05, 3.63) is 35.9 Å². The van der Waals surface area contributed by atoms with Crippen LogP contribution in [-0.4, -0.2) is 25.1 Å². The first-order chi connectivity index (χ1) is 8.42. The van der Waals surface area contributed by atoms with Crippen LogP contribution in [0.5, 0.6) is 0 Å². The summed E-state index contributed by atoms with van der Waals surface area (Å²) in [6.07, 6.45) is 7.87. The van der Waals surface area contributed by atoms with Gasteiger partial charge in [0.1, 0.15) is 0 Å². The molecule has 2 heterocycles. The molecule has 2 aromatic heterocycles. The van der Waals surface area contributed by atoms with Crippen molar-refractivity contribution >= 4 is 0 Å². The highest BCUT2D eigenvalue weighted by Crippen LogP contribution is 2.05. The average Bonchev–Trinajstić information content (AvgIpc) is 2.85. The van der Waals surface area contributed by atoms with E-state index in [2.05, 4.69) is 42.5 Å². The van der Waals surface area contributed by atoms with E-state index in [1.807, 2.05) is 30.3 Å². The Morgan fingerprint density at radius 1 is 1.11 bits per heavy atom. The highest BCUT2D eigenvalue weighted by Gasteiger charge is 2.09. The molecule has 0 fully saturated rings. The fourth-order valence-electron chi connectivity index (χ4n) is 1.69. The van der Waals surface area contributed by atoms with Crippen molar-refractivity contribution in [3.63, 3.8) is 0 Å². The van der Waals surface area contributed by atoms with Crippen molar-refractivity contribution in [3.8, 4) is 0 Å². The Morgan fingerprint density at radius 3 is 2.44 bits per heavy atom. The van der Waals surface area contributed by atoms with Crippen molar-refractivity contribution < 1.29 is 0 Å². The van der Waals surface area contributed by atoms with E-state index in [-0.39, 0.29) is 5.54 Å². The molecule has 0 aromatic carbocycles. The Bertz CT molecular complexity index is 503. The van der Waals surface area contributed by atoms with Crippen LogP contribution in [-0.2, 0) is 20.1 Å². The number of aryl methyl sites for hydroxylation is 1. The summed E-state index contributed by atoms with van der Waals surface area (Å²) >= 11 is 0. The van der Waals surface area contributed by atoms with E-state index in [9.17, 15) is 0 Å². The topological polar surface area (TPSA) is 47.7 Å². The molecule has 0 bridgehead atoms. The van der Waals surface area contributed by atoms with Crippen molar-refractivity contribution in [2.75, 3.05) is 0 Å². The van der Waals surface area contributed by atoms with E-state index in [4.69, 9.17) is 0 Å². The van der Waals surface area contributed by atoms with Crippen LogP contribution in [0.15, 0.2) is 24.8 Å². The maximum atomic E-state index is 4.36. The third-order valence-corrected chi connectivity index (χ3v) is 2.61. The zero-order valence-corrected chi connectivity index (χ0v) is 11.5. The highest BCUT2D eigenvalue weighted by molar-refractivity contribution is 5.08. The molecule has 0 aliphatic carbocycles. The van der Waals surface area contributed by atoms with E-state index in [0.29, 0.717) is 0 Å². The monoisotopic (exact) mass is 247 g/mol. The molecule has 0 amide bonds. The first-order valence-corrected chi connectivity index (χ1v) is 6.16. The van der Waals surface area contributed by atoms with E-state index >= 15 is 0 Å². The summed E-state index contributed by atoms with van der Waals surface area (Å²) < 4.78 is 3.75. The third kappa shape index (κ3) is 3.70. The molecule has 0 saturated carbocycles. The number of hydrogen-bond acceptors (Lipinski definition) is 3. The van der Waals surface area contributed by atoms with Crippen molar-refractivity contribution in [1.82, 2.24) is 24.9 Å². The highest BCUT2D eigenvalue weighted by atomic mass is 15.3. The fraction of sp³-hybridized carbons (Fsp3) is 0.538. The molecule has 0 aliphatic heterocycles. The zero-order valence-electron chi connectivity index (χ0n) is 11.5. The van der Waals surface area contributed by atoms with Gasteiger partial charge in [0.05, 0.1) is 18.9 Å². The predicted molar refractivity (Wildman–Crippen MR) is 71.1 cm³/mol. The molecule has 18 heavy (non-hydrogen) atoms. The average molecular weight is 247 g/mol. The number of rotatable bonds is 4. The minimum absolute atomic E-state index is 0.130. The van der Waals surface area contributed by atoms with Gasteiger partial charge in [0, 0.05) is 42.7 Å². The molecule has 5 nitrogen and oxygen atoms in total. The van der Waals surface area contributed by atoms with E-state index in [1.165, 1.54) is 5.56 Å². The van der Waals surface area contributed by atoms with Crippen molar-refractivity contribution in [2.24, 2.45) is 7.05 Å². The molecule has 5 heteroatoms. The zero-order chi connectivity index (χ0) is 13.2. The third-order valence-electron chi connectivity index (χ3n) is 2.61. The summed E-state index contributed by atoms with van der Waals surface area (Å²) in [7, 11) is 1.92. The minimum atomic E-state index is 0.130. The first kappa shape index (κ1) is 12.8. The molecule has 0 spiro atoms. The van der Waals surface area contributed by atoms with Gasteiger partial charge in [-0.15, -0.1) is 0 Å². The molecule has 0 saturated heterocycles. The molecule has 0 radical (unpaired) electrons. The van der Waals surface area contributed by atoms with Gasteiger partial charge >= 0.3 is 0 Å². The van der Waals surface area contributed by atoms with Crippen LogP contribution in [0, 0.1) is 0 Å². The summed E-state index contributed by atoms with van der Waals surface area (Å²) in [6, 6.07) is 0. The number of hydrogen-bond donors (Lipinski definition) is 1. The van der Waals surface area contributed by atoms with Crippen LogP contribution in [0.25, 0.3) is 0 Å². The molecule has 1 N–H and O–H groups in total. The fourth-order valence-corrected chi connectivity index (χ4v) is 1.69. The van der Waals surface area contributed by atoms with Gasteiger partial charge in [0.15, 0.2) is 0 Å². The number of nitrogens with one attached hydrogen (secondary N) is 1. The number of aromatic nitrogens is 4. The molecule has 98 valence electrons. The lowest BCUT2D eigenvalue weighted by atomic mass is 10.1. The Kier molecular flexibility index (Phi) is 3.52. The standard InChI is InChI=1S/C13H21N5/c1-13(2,3)14-5-11-6-16-18(9-11)10-12-7-15-17(4)8-12/h6-9,14H,5,10H2,1-4H3. The van der Waals surface area contributed by atoms with Crippen LogP contribution < -0.4 is 5.32 Å². The van der Waals surface area contributed by atoms with Crippen LogP contribution in [0.2, 0.25) is 0 Å². The maximum absolute atomic E-state index is 4.36. The van der Waals surface area contributed by atoms with Crippen LogP contribution in [0.4, 0.5) is 0 Å². The van der Waals surface area contributed by atoms with Gasteiger partial charge in [-0.2, -0.15) is 10.2 Å². The Labute approximate surface area is 108 Å². The number of nitrogens with zero attached hydrogens (tertiary/aromatic N) is 4. The molecular weight excluding hydrogens is 226 g/mol. The normalized spacial score (nSPS) is 12.0. The lowest BCUT2D eigenvalue weighted by Crippen LogP contribution is -2.34. The van der Waals surface area contributed by atoms with Gasteiger partial charge in [-0.25, -0.2) is 0 Å². The lowest BCUT2D eigenvalue weighted by molar-refractivity contribution is 0.424. The summed E-state index contributed by atoms with van der Waals surface area (Å²) in [4.78, 5) is 0. The van der Waals surface area contributed by atoms with Gasteiger partial charge in [0.25, 0.3) is 0 Å². The minimum Gasteiger partial charge on any atom is -0.308 e. The van der Waals surface area contributed by atoms with E-state index in [0.717, 1.165) is 18.7 Å². The van der Waals surface area contributed by atoms with Crippen LogP contribution >= 0.6 is 0 Å². The van der Waals surface area contributed by atoms with Gasteiger partial charge < -0.3 is 5.32 Å². The SMILES string of the molecule is Cn1cc(Cn2cc(CNC(C)(C)C)cn2)cn1. The second kappa shape index (κ2) is 4.94. The van der Waals surface area contributed by atoms with E-state index in [1.54, 1.807) is 4.68 Å². The largest absolute Gasteiger partial charge is 0.308 e. The van der Waals surface area contributed by atoms with Gasteiger partial charge in [0.2, 0.25) is 0 Å². The van der Waals surface area contributed by atoms with Crippen molar-refractivity contribution in [1.29, 1.82) is 0 Å². The van der Waals surface area contributed by atoms with Gasteiger partial charge in [-0.1, -0.05) is 0 Å².